The van der Waals surface area contributed by atoms with Gasteiger partial charge in [0.25, 0.3) is 0 Å². The zero-order chi connectivity index (χ0) is 16.5. The van der Waals surface area contributed by atoms with Gasteiger partial charge in [-0.15, -0.1) is 0 Å². The molecule has 0 spiro atoms. The zero-order valence-electron chi connectivity index (χ0n) is 13.4. The smallest absolute Gasteiger partial charge is 0.317 e. The van der Waals surface area contributed by atoms with E-state index in [4.69, 9.17) is 14.6 Å². The van der Waals surface area contributed by atoms with Crippen LogP contribution < -0.4 is 9.47 Å². The Morgan fingerprint density at radius 3 is 2.73 bits per heavy atom. The fourth-order valence-corrected chi connectivity index (χ4v) is 3.08. The van der Waals surface area contributed by atoms with E-state index in [0.29, 0.717) is 23.7 Å². The summed E-state index contributed by atoms with van der Waals surface area (Å²) >= 11 is 0. The highest BCUT2D eigenvalue weighted by atomic mass is 16.5. The number of fused-ring (bicyclic) bond motifs is 1. The van der Waals surface area contributed by atoms with Gasteiger partial charge in [0.1, 0.15) is 23.2 Å². The van der Waals surface area contributed by atoms with E-state index in [-0.39, 0.29) is 6.54 Å². The number of carbonyl (C=O) groups is 1. The number of hydrogen-bond acceptors (Lipinski definition) is 5. The Morgan fingerprint density at radius 1 is 1.45 bits per heavy atom. The molecule has 0 amide bonds. The number of carboxylic acid groups (broad SMARTS) is 1. The van der Waals surface area contributed by atoms with Crippen molar-refractivity contribution in [3.8, 4) is 11.5 Å². The molecule has 0 radical (unpaired) electrons. The molecule has 2 N–H and O–H groups in total. The Morgan fingerprint density at radius 2 is 2.14 bits per heavy atom. The summed E-state index contributed by atoms with van der Waals surface area (Å²) in [7, 11) is 1.67. The first-order valence-corrected chi connectivity index (χ1v) is 7.32. The van der Waals surface area contributed by atoms with Crippen molar-refractivity contribution < 1.29 is 24.5 Å². The fraction of sp³-hybridized carbons (Fsp3) is 0.562. The molecule has 0 saturated carbocycles. The van der Waals surface area contributed by atoms with E-state index in [0.717, 1.165) is 0 Å². The van der Waals surface area contributed by atoms with E-state index >= 15 is 0 Å². The molecule has 1 aliphatic rings. The molecule has 2 unspecified atom stereocenters. The molecule has 0 aromatic heterocycles. The highest BCUT2D eigenvalue weighted by Gasteiger charge is 2.45. The lowest BCUT2D eigenvalue weighted by Gasteiger charge is -2.46. The Kier molecular flexibility index (Phi) is 4.63. The van der Waals surface area contributed by atoms with Crippen molar-refractivity contribution >= 4 is 5.97 Å². The van der Waals surface area contributed by atoms with Gasteiger partial charge in [-0.25, -0.2) is 0 Å². The minimum Gasteiger partial charge on any atom is -0.494 e. The predicted octanol–water partition coefficient (Wildman–Crippen LogP) is 1.67. The minimum atomic E-state index is -0.942. The SMILES string of the molecule is CCOc1ccc2c(c1)OC(C)(C)C(N(C)CC(=O)O)C2O. The Labute approximate surface area is 130 Å². The van der Waals surface area contributed by atoms with Crippen LogP contribution in [0.25, 0.3) is 0 Å². The molecule has 1 aromatic rings. The van der Waals surface area contributed by atoms with Crippen LogP contribution in [0.4, 0.5) is 0 Å². The summed E-state index contributed by atoms with van der Waals surface area (Å²) in [5, 5.41) is 19.7. The molecule has 2 rings (SSSR count). The summed E-state index contributed by atoms with van der Waals surface area (Å²) in [6.45, 7) is 5.97. The van der Waals surface area contributed by atoms with Crippen molar-refractivity contribution in [3.05, 3.63) is 23.8 Å². The van der Waals surface area contributed by atoms with Crippen LogP contribution >= 0.6 is 0 Å². The number of rotatable bonds is 5. The second-order valence-corrected chi connectivity index (χ2v) is 6.04. The number of likely N-dealkylation sites (N-methyl/N-ethyl adjacent to an activating group) is 1. The molecule has 1 aliphatic heterocycles. The highest BCUT2D eigenvalue weighted by Crippen LogP contribution is 2.43. The highest BCUT2D eigenvalue weighted by molar-refractivity contribution is 5.69. The summed E-state index contributed by atoms with van der Waals surface area (Å²) in [6.07, 6.45) is -0.834. The van der Waals surface area contributed by atoms with E-state index < -0.39 is 23.7 Å². The second kappa shape index (κ2) is 6.14. The van der Waals surface area contributed by atoms with Crippen LogP contribution in [0.15, 0.2) is 18.2 Å². The summed E-state index contributed by atoms with van der Waals surface area (Å²) in [6, 6.07) is 4.84. The largest absolute Gasteiger partial charge is 0.494 e. The van der Waals surface area contributed by atoms with Crippen molar-refractivity contribution in [2.24, 2.45) is 0 Å². The quantitative estimate of drug-likeness (QED) is 0.861. The molecule has 0 saturated heterocycles. The molecular formula is C16H23NO5. The van der Waals surface area contributed by atoms with Gasteiger partial charge in [-0.3, -0.25) is 9.69 Å². The first-order chi connectivity index (χ1) is 10.3. The number of aliphatic carboxylic acids is 1. The zero-order valence-corrected chi connectivity index (χ0v) is 13.4. The van der Waals surface area contributed by atoms with E-state index in [9.17, 15) is 9.90 Å². The Hall–Kier alpha value is -1.79. The lowest BCUT2D eigenvalue weighted by atomic mass is 9.85. The Bertz CT molecular complexity index is 557. The number of ether oxygens (including phenoxy) is 2. The number of carboxylic acids is 1. The van der Waals surface area contributed by atoms with E-state index in [1.54, 1.807) is 30.1 Å². The van der Waals surface area contributed by atoms with Gasteiger partial charge in [-0.1, -0.05) is 0 Å². The molecule has 1 aromatic carbocycles. The minimum absolute atomic E-state index is 0.166. The van der Waals surface area contributed by atoms with Crippen molar-refractivity contribution in [2.75, 3.05) is 20.2 Å². The van der Waals surface area contributed by atoms with Crippen LogP contribution in [0.5, 0.6) is 11.5 Å². The van der Waals surface area contributed by atoms with Crippen LogP contribution in [0.1, 0.15) is 32.4 Å². The third kappa shape index (κ3) is 3.18. The summed E-state index contributed by atoms with van der Waals surface area (Å²) < 4.78 is 11.5. The van der Waals surface area contributed by atoms with Crippen LogP contribution in [-0.4, -0.2) is 52.9 Å². The molecule has 22 heavy (non-hydrogen) atoms. The van der Waals surface area contributed by atoms with E-state index in [1.165, 1.54) is 0 Å². The molecule has 1 heterocycles. The van der Waals surface area contributed by atoms with Gasteiger partial charge < -0.3 is 19.7 Å². The number of aliphatic hydroxyl groups is 1. The number of hydrogen-bond donors (Lipinski definition) is 2. The van der Waals surface area contributed by atoms with Gasteiger partial charge in [0.15, 0.2) is 0 Å². The fourth-order valence-electron chi connectivity index (χ4n) is 3.08. The second-order valence-electron chi connectivity index (χ2n) is 6.04. The third-order valence-electron chi connectivity index (χ3n) is 3.86. The van der Waals surface area contributed by atoms with Crippen LogP contribution in [0.2, 0.25) is 0 Å². The standard InChI is InChI=1S/C16H23NO5/c1-5-21-10-6-7-11-12(8-10)22-16(2,3)15(14(11)20)17(4)9-13(18)19/h6-8,14-15,20H,5,9H2,1-4H3,(H,18,19). The number of nitrogens with zero attached hydrogens (tertiary/aromatic N) is 1. The van der Waals surface area contributed by atoms with Crippen LogP contribution in [0, 0.1) is 0 Å². The predicted molar refractivity (Wildman–Crippen MR) is 81.3 cm³/mol. The van der Waals surface area contributed by atoms with Crippen LogP contribution in [0.3, 0.4) is 0 Å². The Balaban J connectivity index is 2.35. The topological polar surface area (TPSA) is 79.2 Å². The maximum Gasteiger partial charge on any atom is 0.317 e. The molecule has 2 atom stereocenters. The third-order valence-corrected chi connectivity index (χ3v) is 3.86. The van der Waals surface area contributed by atoms with Crippen molar-refractivity contribution in [2.45, 2.75) is 38.5 Å². The number of benzene rings is 1. The first kappa shape index (κ1) is 16.6. The van der Waals surface area contributed by atoms with Crippen molar-refractivity contribution in [3.63, 3.8) is 0 Å². The van der Waals surface area contributed by atoms with Gasteiger partial charge in [-0.2, -0.15) is 0 Å². The summed E-state index contributed by atoms with van der Waals surface area (Å²) in [5.74, 6) is 0.313. The summed E-state index contributed by atoms with van der Waals surface area (Å²) in [4.78, 5) is 12.6. The maximum absolute atomic E-state index is 11.0. The lowest BCUT2D eigenvalue weighted by Crippen LogP contribution is -2.57. The molecule has 0 bridgehead atoms. The van der Waals surface area contributed by atoms with Crippen molar-refractivity contribution in [1.82, 2.24) is 4.90 Å². The van der Waals surface area contributed by atoms with E-state index in [2.05, 4.69) is 0 Å². The average Bonchev–Trinajstić information content (AvgIpc) is 2.36. The van der Waals surface area contributed by atoms with Crippen molar-refractivity contribution in [1.29, 1.82) is 0 Å². The first-order valence-electron chi connectivity index (χ1n) is 7.32. The molecule has 6 heteroatoms. The molecular weight excluding hydrogens is 286 g/mol. The van der Waals surface area contributed by atoms with Gasteiger partial charge in [0.2, 0.25) is 0 Å². The molecule has 6 nitrogen and oxygen atoms in total. The van der Waals surface area contributed by atoms with Gasteiger partial charge in [0, 0.05) is 11.6 Å². The monoisotopic (exact) mass is 309 g/mol. The normalized spacial score (nSPS) is 22.8. The number of aliphatic hydroxyl groups excluding tert-OH is 1. The lowest BCUT2D eigenvalue weighted by molar-refractivity contribution is -0.142. The van der Waals surface area contributed by atoms with Gasteiger partial charge in [0.05, 0.1) is 19.2 Å². The van der Waals surface area contributed by atoms with Gasteiger partial charge in [-0.05, 0) is 40.0 Å². The maximum atomic E-state index is 11.0. The van der Waals surface area contributed by atoms with Gasteiger partial charge >= 0.3 is 5.97 Å². The van der Waals surface area contributed by atoms with E-state index in [1.807, 2.05) is 20.8 Å². The van der Waals surface area contributed by atoms with Crippen LogP contribution in [-0.2, 0) is 4.79 Å². The summed E-state index contributed by atoms with van der Waals surface area (Å²) in [5.41, 5.74) is -0.0911. The molecule has 122 valence electrons. The molecule has 0 fully saturated rings. The molecule has 0 aliphatic carbocycles. The average molecular weight is 309 g/mol.